The number of rotatable bonds is 7. The second kappa shape index (κ2) is 8.92. The molecule has 0 unspecified atom stereocenters. The normalized spacial score (nSPS) is 10.3. The molecule has 0 atom stereocenters. The highest BCUT2D eigenvalue weighted by Crippen LogP contribution is 2.34. The van der Waals surface area contributed by atoms with Crippen LogP contribution in [-0.4, -0.2) is 19.1 Å². The van der Waals surface area contributed by atoms with Crippen LogP contribution in [0.15, 0.2) is 36.4 Å². The predicted octanol–water partition coefficient (Wildman–Crippen LogP) is 5.04. The third-order valence-corrected chi connectivity index (χ3v) is 4.22. The molecule has 0 aliphatic carbocycles. The Hall–Kier alpha value is -1.76. The maximum Gasteiger partial charge on any atom is 0.255 e. The smallest absolute Gasteiger partial charge is 0.255 e. The third kappa shape index (κ3) is 4.63. The Morgan fingerprint density at radius 1 is 1.17 bits per heavy atom. The summed E-state index contributed by atoms with van der Waals surface area (Å²) < 4.78 is 12.3. The minimum Gasteiger partial charge on any atom is -0.490 e. The standard InChI is InChI=1S/C19H22INO3/c1-4-10-24-18-15(20)11-14(12-17(18)23-5-2)19(22)21-16-9-7-6-8-13(16)3/h6-9,11-12H,4-5,10H2,1-3H3,(H,21,22). The van der Waals surface area contributed by atoms with Gasteiger partial charge in [-0.25, -0.2) is 0 Å². The van der Waals surface area contributed by atoms with E-state index in [1.165, 1.54) is 0 Å². The van der Waals surface area contributed by atoms with Crippen LogP contribution >= 0.6 is 22.6 Å². The monoisotopic (exact) mass is 439 g/mol. The van der Waals surface area contributed by atoms with E-state index in [0.717, 1.165) is 21.2 Å². The van der Waals surface area contributed by atoms with Crippen LogP contribution in [0, 0.1) is 10.5 Å². The summed E-state index contributed by atoms with van der Waals surface area (Å²) in [5.41, 5.74) is 2.38. The maximum atomic E-state index is 12.6. The molecule has 0 saturated carbocycles. The number of halogens is 1. The minimum absolute atomic E-state index is 0.162. The molecule has 5 heteroatoms. The van der Waals surface area contributed by atoms with Gasteiger partial charge in [0.1, 0.15) is 0 Å². The van der Waals surface area contributed by atoms with Crippen molar-refractivity contribution in [1.82, 2.24) is 0 Å². The van der Waals surface area contributed by atoms with Crippen LogP contribution in [0.2, 0.25) is 0 Å². The van der Waals surface area contributed by atoms with Crippen LogP contribution in [0.3, 0.4) is 0 Å². The SMILES string of the molecule is CCCOc1c(I)cc(C(=O)Nc2ccccc2C)cc1OCC. The molecule has 0 fully saturated rings. The van der Waals surface area contributed by atoms with Gasteiger partial charge in [0, 0.05) is 11.3 Å². The lowest BCUT2D eigenvalue weighted by atomic mass is 10.1. The van der Waals surface area contributed by atoms with Gasteiger partial charge in [-0.15, -0.1) is 0 Å². The Morgan fingerprint density at radius 3 is 2.58 bits per heavy atom. The first kappa shape index (κ1) is 18.6. The van der Waals surface area contributed by atoms with E-state index in [1.807, 2.05) is 44.2 Å². The van der Waals surface area contributed by atoms with E-state index in [4.69, 9.17) is 9.47 Å². The first-order valence-electron chi connectivity index (χ1n) is 8.02. The molecule has 2 aromatic rings. The van der Waals surface area contributed by atoms with Crippen molar-refractivity contribution in [3.63, 3.8) is 0 Å². The lowest BCUT2D eigenvalue weighted by Gasteiger charge is -2.15. The van der Waals surface area contributed by atoms with Gasteiger partial charge >= 0.3 is 0 Å². The van der Waals surface area contributed by atoms with Crippen molar-refractivity contribution in [2.75, 3.05) is 18.5 Å². The molecule has 4 nitrogen and oxygen atoms in total. The number of hydrogen-bond acceptors (Lipinski definition) is 3. The van der Waals surface area contributed by atoms with Crippen LogP contribution < -0.4 is 14.8 Å². The highest BCUT2D eigenvalue weighted by Gasteiger charge is 2.16. The van der Waals surface area contributed by atoms with E-state index in [9.17, 15) is 4.79 Å². The number of carbonyl (C=O) groups excluding carboxylic acids is 1. The fraction of sp³-hybridized carbons (Fsp3) is 0.316. The number of hydrogen-bond donors (Lipinski definition) is 1. The van der Waals surface area contributed by atoms with Crippen molar-refractivity contribution >= 4 is 34.2 Å². The molecule has 0 heterocycles. The molecule has 2 rings (SSSR count). The highest BCUT2D eigenvalue weighted by molar-refractivity contribution is 14.1. The molecular formula is C19H22INO3. The van der Waals surface area contributed by atoms with Crippen LogP contribution in [0.1, 0.15) is 36.2 Å². The van der Waals surface area contributed by atoms with Gasteiger partial charge in [-0.1, -0.05) is 25.1 Å². The molecule has 0 saturated heterocycles. The Morgan fingerprint density at radius 2 is 1.92 bits per heavy atom. The van der Waals surface area contributed by atoms with Crippen molar-refractivity contribution in [3.05, 3.63) is 51.1 Å². The number of anilines is 1. The van der Waals surface area contributed by atoms with Gasteiger partial charge in [0.15, 0.2) is 11.5 Å². The summed E-state index contributed by atoms with van der Waals surface area (Å²) in [6, 6.07) is 11.3. The number of nitrogens with one attached hydrogen (secondary N) is 1. The van der Waals surface area contributed by atoms with Crippen LogP contribution in [0.25, 0.3) is 0 Å². The van der Waals surface area contributed by atoms with E-state index in [0.29, 0.717) is 30.3 Å². The molecule has 24 heavy (non-hydrogen) atoms. The summed E-state index contributed by atoms with van der Waals surface area (Å²) in [5.74, 6) is 1.14. The lowest BCUT2D eigenvalue weighted by molar-refractivity contribution is 0.102. The molecule has 1 N–H and O–H groups in total. The average molecular weight is 439 g/mol. The number of benzene rings is 2. The molecule has 128 valence electrons. The number of para-hydroxylation sites is 1. The number of aryl methyl sites for hydroxylation is 1. The molecular weight excluding hydrogens is 417 g/mol. The molecule has 0 aromatic heterocycles. The minimum atomic E-state index is -0.162. The zero-order valence-corrected chi connectivity index (χ0v) is 16.3. The topological polar surface area (TPSA) is 47.6 Å². The van der Waals surface area contributed by atoms with Crippen LogP contribution in [0.4, 0.5) is 5.69 Å². The van der Waals surface area contributed by atoms with E-state index in [2.05, 4.69) is 34.8 Å². The Bertz CT molecular complexity index is 716. The average Bonchev–Trinajstić information content (AvgIpc) is 2.56. The quantitative estimate of drug-likeness (QED) is 0.615. The van der Waals surface area contributed by atoms with Gasteiger partial charge in [-0.2, -0.15) is 0 Å². The Balaban J connectivity index is 2.29. The number of amides is 1. The molecule has 0 aliphatic heterocycles. The second-order valence-corrected chi connectivity index (χ2v) is 6.50. The van der Waals surface area contributed by atoms with Gasteiger partial charge < -0.3 is 14.8 Å². The van der Waals surface area contributed by atoms with Crippen molar-refractivity contribution in [1.29, 1.82) is 0 Å². The van der Waals surface area contributed by atoms with Crippen molar-refractivity contribution < 1.29 is 14.3 Å². The summed E-state index contributed by atoms with van der Waals surface area (Å²) in [4.78, 5) is 12.6. The maximum absolute atomic E-state index is 12.6. The van der Waals surface area contributed by atoms with Crippen molar-refractivity contribution in [2.45, 2.75) is 27.2 Å². The van der Waals surface area contributed by atoms with Gasteiger partial charge in [0.05, 0.1) is 16.8 Å². The summed E-state index contributed by atoms with van der Waals surface area (Å²) in [5, 5.41) is 2.95. The van der Waals surface area contributed by atoms with Crippen molar-refractivity contribution in [3.8, 4) is 11.5 Å². The Labute approximate surface area is 156 Å². The van der Waals surface area contributed by atoms with Crippen molar-refractivity contribution in [2.24, 2.45) is 0 Å². The fourth-order valence-electron chi connectivity index (χ4n) is 2.21. The lowest BCUT2D eigenvalue weighted by Crippen LogP contribution is -2.14. The van der Waals surface area contributed by atoms with Gasteiger partial charge in [-0.3, -0.25) is 4.79 Å². The molecule has 1 amide bonds. The molecule has 0 aliphatic rings. The second-order valence-electron chi connectivity index (χ2n) is 5.34. The number of ether oxygens (including phenoxy) is 2. The number of carbonyl (C=O) groups is 1. The Kier molecular flexibility index (Phi) is 6.90. The van der Waals surface area contributed by atoms with E-state index in [1.54, 1.807) is 6.07 Å². The van der Waals surface area contributed by atoms with E-state index in [-0.39, 0.29) is 5.91 Å². The summed E-state index contributed by atoms with van der Waals surface area (Å²) in [7, 11) is 0. The van der Waals surface area contributed by atoms with Gasteiger partial charge in [0.25, 0.3) is 5.91 Å². The largest absolute Gasteiger partial charge is 0.490 e. The summed E-state index contributed by atoms with van der Waals surface area (Å²) in [6.07, 6.45) is 0.914. The fourth-order valence-corrected chi connectivity index (χ4v) is 2.97. The predicted molar refractivity (Wildman–Crippen MR) is 105 cm³/mol. The molecule has 0 radical (unpaired) electrons. The van der Waals surface area contributed by atoms with Crippen LogP contribution in [0.5, 0.6) is 11.5 Å². The van der Waals surface area contributed by atoms with E-state index >= 15 is 0 Å². The van der Waals surface area contributed by atoms with Gasteiger partial charge in [-0.05, 0) is 66.6 Å². The summed E-state index contributed by atoms with van der Waals surface area (Å²) >= 11 is 2.18. The zero-order chi connectivity index (χ0) is 17.5. The third-order valence-electron chi connectivity index (χ3n) is 3.42. The van der Waals surface area contributed by atoms with E-state index < -0.39 is 0 Å². The first-order valence-corrected chi connectivity index (χ1v) is 9.10. The zero-order valence-electron chi connectivity index (χ0n) is 14.2. The molecule has 0 spiro atoms. The summed E-state index contributed by atoms with van der Waals surface area (Å²) in [6.45, 7) is 7.06. The molecule has 0 bridgehead atoms. The van der Waals surface area contributed by atoms with Crippen LogP contribution in [-0.2, 0) is 0 Å². The van der Waals surface area contributed by atoms with Gasteiger partial charge in [0.2, 0.25) is 0 Å². The highest BCUT2D eigenvalue weighted by atomic mass is 127. The molecule has 2 aromatic carbocycles. The first-order chi connectivity index (χ1) is 11.6.